The van der Waals surface area contributed by atoms with Crippen molar-refractivity contribution in [3.63, 3.8) is 0 Å². The smallest absolute Gasteiger partial charge is 0.271 e. The molecule has 114 valence electrons. The van der Waals surface area contributed by atoms with Crippen LogP contribution in [0.4, 0.5) is 5.69 Å². The molecule has 1 aliphatic rings. The summed E-state index contributed by atoms with van der Waals surface area (Å²) in [4.78, 5) is 22.4. The molecule has 0 heterocycles. The number of carbonyl (C=O) groups excluding carboxylic acids is 1. The van der Waals surface area contributed by atoms with E-state index in [2.05, 4.69) is 5.32 Å². The zero-order valence-electron chi connectivity index (χ0n) is 11.4. The molecule has 0 unspecified atom stereocenters. The lowest BCUT2D eigenvalue weighted by atomic mass is 9.89. The van der Waals surface area contributed by atoms with Gasteiger partial charge in [-0.3, -0.25) is 14.9 Å². The fourth-order valence-electron chi connectivity index (χ4n) is 2.57. The second-order valence-electron chi connectivity index (χ2n) is 5.26. The maximum atomic E-state index is 12.2. The third kappa shape index (κ3) is 4.08. The van der Waals surface area contributed by atoms with E-state index in [1.54, 1.807) is 0 Å². The lowest BCUT2D eigenvalue weighted by Crippen LogP contribution is -2.30. The molecule has 1 N–H and O–H groups in total. The summed E-state index contributed by atoms with van der Waals surface area (Å²) in [7, 11) is 0. The number of carbonyl (C=O) groups is 1. The van der Waals surface area contributed by atoms with Gasteiger partial charge >= 0.3 is 0 Å². The predicted molar refractivity (Wildman–Crippen MR) is 82.0 cm³/mol. The standard InChI is InChI=1S/C14H16Cl2N2O3/c15-12-7-10(18(20)21)6-11(13(12)16)14(19)17-8-9-4-2-1-3-5-9/h6-7,9H,1-5,8H2,(H,17,19). The van der Waals surface area contributed by atoms with E-state index >= 15 is 0 Å². The molecule has 0 radical (unpaired) electrons. The number of halogens is 2. The first-order valence-electron chi connectivity index (χ1n) is 6.90. The van der Waals surface area contributed by atoms with Crippen molar-refractivity contribution in [3.05, 3.63) is 37.9 Å². The SMILES string of the molecule is O=C(NCC1CCCCC1)c1cc([N+](=O)[O-])cc(Cl)c1Cl. The quantitative estimate of drug-likeness (QED) is 0.663. The van der Waals surface area contributed by atoms with Crippen LogP contribution in [-0.2, 0) is 0 Å². The van der Waals surface area contributed by atoms with E-state index in [-0.39, 0.29) is 21.3 Å². The van der Waals surface area contributed by atoms with Gasteiger partial charge in [-0.2, -0.15) is 0 Å². The van der Waals surface area contributed by atoms with E-state index in [0.717, 1.165) is 25.0 Å². The van der Waals surface area contributed by atoms with E-state index in [1.165, 1.54) is 19.3 Å². The summed E-state index contributed by atoms with van der Waals surface area (Å²) in [6.45, 7) is 0.565. The summed E-state index contributed by atoms with van der Waals surface area (Å²) in [5, 5.41) is 13.7. The van der Waals surface area contributed by atoms with Crippen molar-refractivity contribution >= 4 is 34.8 Å². The predicted octanol–water partition coefficient (Wildman–Crippen LogP) is 4.21. The van der Waals surface area contributed by atoms with Crippen LogP contribution in [-0.4, -0.2) is 17.4 Å². The number of amides is 1. The highest BCUT2D eigenvalue weighted by atomic mass is 35.5. The first kappa shape index (κ1) is 16.0. The van der Waals surface area contributed by atoms with E-state index in [9.17, 15) is 14.9 Å². The summed E-state index contributed by atoms with van der Waals surface area (Å²) < 4.78 is 0. The molecule has 0 aliphatic heterocycles. The van der Waals surface area contributed by atoms with Gasteiger partial charge in [-0.05, 0) is 18.8 Å². The highest BCUT2D eigenvalue weighted by Gasteiger charge is 2.20. The van der Waals surface area contributed by atoms with Gasteiger partial charge in [0.15, 0.2) is 0 Å². The molecule has 1 aromatic rings. The van der Waals surface area contributed by atoms with Crippen LogP contribution < -0.4 is 5.32 Å². The van der Waals surface area contributed by atoms with E-state index < -0.39 is 10.8 Å². The molecule has 0 atom stereocenters. The summed E-state index contributed by atoms with van der Waals surface area (Å²) >= 11 is 11.8. The van der Waals surface area contributed by atoms with Crippen LogP contribution in [0.1, 0.15) is 42.5 Å². The number of nitro groups is 1. The summed E-state index contributed by atoms with van der Waals surface area (Å²) in [6.07, 6.45) is 5.82. The van der Waals surface area contributed by atoms with E-state index in [0.29, 0.717) is 12.5 Å². The van der Waals surface area contributed by atoms with E-state index in [4.69, 9.17) is 23.2 Å². The normalized spacial score (nSPS) is 15.7. The number of hydrogen-bond donors (Lipinski definition) is 1. The molecule has 7 heteroatoms. The lowest BCUT2D eigenvalue weighted by Gasteiger charge is -2.21. The zero-order valence-corrected chi connectivity index (χ0v) is 12.9. The number of nitro benzene ring substituents is 1. The highest BCUT2D eigenvalue weighted by Crippen LogP contribution is 2.31. The molecule has 2 rings (SSSR count). The topological polar surface area (TPSA) is 72.2 Å². The number of nitrogens with zero attached hydrogens (tertiary/aromatic N) is 1. The van der Waals surface area contributed by atoms with Crippen molar-refractivity contribution in [3.8, 4) is 0 Å². The van der Waals surface area contributed by atoms with Crippen LogP contribution in [0.3, 0.4) is 0 Å². The largest absolute Gasteiger partial charge is 0.352 e. The second-order valence-corrected chi connectivity index (χ2v) is 6.05. The molecule has 1 amide bonds. The van der Waals surface area contributed by atoms with Crippen molar-refractivity contribution in [2.45, 2.75) is 32.1 Å². The van der Waals surface area contributed by atoms with Crippen LogP contribution in [0.25, 0.3) is 0 Å². The second kappa shape index (κ2) is 7.09. The molecular formula is C14H16Cl2N2O3. The summed E-state index contributed by atoms with van der Waals surface area (Å²) in [6, 6.07) is 2.30. The molecule has 21 heavy (non-hydrogen) atoms. The van der Waals surface area contributed by atoms with E-state index in [1.807, 2.05) is 0 Å². The third-order valence-corrected chi connectivity index (χ3v) is 4.55. The lowest BCUT2D eigenvalue weighted by molar-refractivity contribution is -0.384. The molecule has 1 saturated carbocycles. The number of hydrogen-bond acceptors (Lipinski definition) is 3. The Bertz CT molecular complexity index is 557. The molecule has 0 spiro atoms. The first-order chi connectivity index (χ1) is 9.99. The Morgan fingerprint density at radius 3 is 2.57 bits per heavy atom. The van der Waals surface area contributed by atoms with Crippen LogP contribution >= 0.6 is 23.2 Å². The third-order valence-electron chi connectivity index (χ3n) is 3.74. The van der Waals surface area contributed by atoms with Crippen LogP contribution in [0.15, 0.2) is 12.1 Å². The Morgan fingerprint density at radius 1 is 1.29 bits per heavy atom. The van der Waals surface area contributed by atoms with Gasteiger partial charge in [0, 0.05) is 18.7 Å². The fourth-order valence-corrected chi connectivity index (χ4v) is 2.98. The van der Waals surface area contributed by atoms with Gasteiger partial charge < -0.3 is 5.32 Å². The van der Waals surface area contributed by atoms with Crippen molar-refractivity contribution in [1.82, 2.24) is 5.32 Å². The van der Waals surface area contributed by atoms with Gasteiger partial charge in [0.25, 0.3) is 11.6 Å². The molecule has 1 aromatic carbocycles. The monoisotopic (exact) mass is 330 g/mol. The van der Waals surface area contributed by atoms with Gasteiger partial charge in [0.1, 0.15) is 0 Å². The maximum absolute atomic E-state index is 12.2. The molecule has 1 fully saturated rings. The average molecular weight is 331 g/mol. The highest BCUT2D eigenvalue weighted by molar-refractivity contribution is 6.44. The molecule has 0 saturated heterocycles. The molecule has 5 nitrogen and oxygen atoms in total. The van der Waals surface area contributed by atoms with Crippen LogP contribution in [0.2, 0.25) is 10.0 Å². The Hall–Kier alpha value is -1.33. The Morgan fingerprint density at radius 2 is 1.95 bits per heavy atom. The van der Waals surface area contributed by atoms with Crippen LogP contribution in [0, 0.1) is 16.0 Å². The first-order valence-corrected chi connectivity index (χ1v) is 7.66. The van der Waals surface area contributed by atoms with Crippen molar-refractivity contribution in [2.75, 3.05) is 6.54 Å². The van der Waals surface area contributed by atoms with Gasteiger partial charge in [-0.15, -0.1) is 0 Å². The van der Waals surface area contributed by atoms with Crippen molar-refractivity contribution in [1.29, 1.82) is 0 Å². The Labute approximate surface area is 132 Å². The number of benzene rings is 1. The Balaban J connectivity index is 2.09. The molecule has 0 aromatic heterocycles. The van der Waals surface area contributed by atoms with Crippen molar-refractivity contribution in [2.24, 2.45) is 5.92 Å². The minimum atomic E-state index is -0.597. The zero-order chi connectivity index (χ0) is 15.4. The van der Waals surface area contributed by atoms with Gasteiger partial charge in [0.05, 0.1) is 20.5 Å². The minimum Gasteiger partial charge on any atom is -0.352 e. The molecule has 0 bridgehead atoms. The number of nitrogens with one attached hydrogen (secondary N) is 1. The molecule has 1 aliphatic carbocycles. The number of rotatable bonds is 4. The summed E-state index contributed by atoms with van der Waals surface area (Å²) in [5.74, 6) is 0.0480. The fraction of sp³-hybridized carbons (Fsp3) is 0.500. The number of non-ortho nitro benzene ring substituents is 1. The minimum absolute atomic E-state index is 0.00804. The van der Waals surface area contributed by atoms with Gasteiger partial charge in [-0.1, -0.05) is 42.5 Å². The van der Waals surface area contributed by atoms with Crippen molar-refractivity contribution < 1.29 is 9.72 Å². The average Bonchev–Trinajstić information content (AvgIpc) is 2.48. The summed E-state index contributed by atoms with van der Waals surface area (Å²) in [5.41, 5.74) is -0.195. The Kier molecular flexibility index (Phi) is 5.42. The molecular weight excluding hydrogens is 315 g/mol. The van der Waals surface area contributed by atoms with Gasteiger partial charge in [-0.25, -0.2) is 0 Å². The van der Waals surface area contributed by atoms with Crippen LogP contribution in [0.5, 0.6) is 0 Å². The maximum Gasteiger partial charge on any atom is 0.271 e. The van der Waals surface area contributed by atoms with Gasteiger partial charge in [0.2, 0.25) is 0 Å².